The number of hydrogen-bond acceptors (Lipinski definition) is 5. The molecule has 0 spiro atoms. The van der Waals surface area contributed by atoms with Gasteiger partial charge < -0.3 is 10.0 Å². The third-order valence-electron chi connectivity index (χ3n) is 4.65. The molecular formula is C14H26N2O4S. The van der Waals surface area contributed by atoms with Gasteiger partial charge >= 0.3 is 0 Å². The summed E-state index contributed by atoms with van der Waals surface area (Å²) >= 11 is 0. The van der Waals surface area contributed by atoms with Crippen LogP contribution in [0.1, 0.15) is 25.7 Å². The van der Waals surface area contributed by atoms with Gasteiger partial charge in [0.25, 0.3) is 0 Å². The van der Waals surface area contributed by atoms with Gasteiger partial charge in [-0.3, -0.25) is 9.69 Å². The van der Waals surface area contributed by atoms with Gasteiger partial charge in [0.05, 0.1) is 18.1 Å². The van der Waals surface area contributed by atoms with Crippen LogP contribution in [0.2, 0.25) is 0 Å². The Morgan fingerprint density at radius 1 is 1.38 bits per heavy atom. The van der Waals surface area contributed by atoms with Crippen molar-refractivity contribution in [3.63, 3.8) is 0 Å². The Morgan fingerprint density at radius 3 is 2.76 bits per heavy atom. The molecule has 2 rings (SSSR count). The van der Waals surface area contributed by atoms with E-state index < -0.39 is 9.84 Å². The van der Waals surface area contributed by atoms with E-state index in [0.29, 0.717) is 18.9 Å². The van der Waals surface area contributed by atoms with Crippen molar-refractivity contribution in [3.05, 3.63) is 0 Å². The topological polar surface area (TPSA) is 77.9 Å². The molecule has 0 aromatic carbocycles. The fraction of sp³-hybridized carbons (Fsp3) is 0.929. The highest BCUT2D eigenvalue weighted by atomic mass is 32.2. The average Bonchev–Trinajstić information content (AvgIpc) is 2.79. The van der Waals surface area contributed by atoms with Gasteiger partial charge in [-0.15, -0.1) is 0 Å². The van der Waals surface area contributed by atoms with Crippen molar-refractivity contribution in [2.75, 3.05) is 44.8 Å². The zero-order chi connectivity index (χ0) is 15.5. The Labute approximate surface area is 127 Å². The van der Waals surface area contributed by atoms with E-state index in [2.05, 4.69) is 4.90 Å². The SMILES string of the molecule is CN(C(=O)CN1CCCC(CCO)C1)C1CCS(=O)(=O)C1. The Bertz CT molecular complexity index is 464. The van der Waals surface area contributed by atoms with Crippen LogP contribution in [0.15, 0.2) is 0 Å². The zero-order valence-corrected chi connectivity index (χ0v) is 13.5. The number of nitrogens with zero attached hydrogens (tertiary/aromatic N) is 2. The van der Waals surface area contributed by atoms with Crippen molar-refractivity contribution in [2.45, 2.75) is 31.7 Å². The summed E-state index contributed by atoms with van der Waals surface area (Å²) < 4.78 is 23.0. The molecule has 2 aliphatic heterocycles. The fourth-order valence-electron chi connectivity index (χ4n) is 3.30. The fourth-order valence-corrected chi connectivity index (χ4v) is 5.07. The highest BCUT2D eigenvalue weighted by Gasteiger charge is 2.33. The van der Waals surface area contributed by atoms with Gasteiger partial charge in [-0.1, -0.05) is 0 Å². The lowest BCUT2D eigenvalue weighted by molar-refractivity contribution is -0.133. The summed E-state index contributed by atoms with van der Waals surface area (Å²) in [5.74, 6) is 0.760. The molecule has 1 amide bonds. The van der Waals surface area contributed by atoms with Crippen LogP contribution in [0.25, 0.3) is 0 Å². The maximum Gasteiger partial charge on any atom is 0.236 e. The maximum atomic E-state index is 12.3. The summed E-state index contributed by atoms with van der Waals surface area (Å²) in [6.45, 7) is 2.31. The summed E-state index contributed by atoms with van der Waals surface area (Å²) in [4.78, 5) is 16.1. The predicted octanol–water partition coefficient (Wildman–Crippen LogP) is -0.274. The molecule has 2 saturated heterocycles. The number of aliphatic hydroxyl groups is 1. The first kappa shape index (κ1) is 16.7. The number of sulfone groups is 1. The van der Waals surface area contributed by atoms with Gasteiger partial charge in [0.1, 0.15) is 0 Å². The summed E-state index contributed by atoms with van der Waals surface area (Å²) in [7, 11) is -1.25. The molecule has 2 heterocycles. The third kappa shape index (κ3) is 4.66. The first-order valence-corrected chi connectivity index (χ1v) is 9.52. The lowest BCUT2D eigenvalue weighted by Gasteiger charge is -2.34. The monoisotopic (exact) mass is 318 g/mol. The lowest BCUT2D eigenvalue weighted by atomic mass is 9.95. The molecule has 21 heavy (non-hydrogen) atoms. The highest BCUT2D eigenvalue weighted by Crippen LogP contribution is 2.20. The van der Waals surface area contributed by atoms with Crippen LogP contribution in [0.5, 0.6) is 0 Å². The molecular weight excluding hydrogens is 292 g/mol. The second-order valence-electron chi connectivity index (χ2n) is 6.32. The minimum Gasteiger partial charge on any atom is -0.396 e. The minimum absolute atomic E-state index is 0.00162. The van der Waals surface area contributed by atoms with Crippen LogP contribution in [0.3, 0.4) is 0 Å². The van der Waals surface area contributed by atoms with Crippen LogP contribution in [-0.2, 0) is 14.6 Å². The number of amides is 1. The Balaban J connectivity index is 1.83. The van der Waals surface area contributed by atoms with Gasteiger partial charge in [-0.2, -0.15) is 0 Å². The smallest absolute Gasteiger partial charge is 0.236 e. The number of rotatable bonds is 5. The van der Waals surface area contributed by atoms with Crippen molar-refractivity contribution >= 4 is 15.7 Å². The van der Waals surface area contributed by atoms with Crippen LogP contribution in [0, 0.1) is 5.92 Å². The molecule has 7 heteroatoms. The van der Waals surface area contributed by atoms with Gasteiger partial charge in [0.15, 0.2) is 9.84 Å². The number of hydrogen-bond donors (Lipinski definition) is 1. The lowest BCUT2D eigenvalue weighted by Crippen LogP contribution is -2.46. The van der Waals surface area contributed by atoms with Crippen LogP contribution in [-0.4, -0.2) is 80.1 Å². The van der Waals surface area contributed by atoms with E-state index >= 15 is 0 Å². The number of likely N-dealkylation sites (tertiary alicyclic amines) is 1. The summed E-state index contributed by atoms with van der Waals surface area (Å²) in [6.07, 6.45) is 3.51. The van der Waals surface area contributed by atoms with E-state index in [9.17, 15) is 13.2 Å². The van der Waals surface area contributed by atoms with Gasteiger partial charge in [0.2, 0.25) is 5.91 Å². The van der Waals surface area contributed by atoms with Crippen LogP contribution in [0.4, 0.5) is 0 Å². The van der Waals surface area contributed by atoms with Crippen LogP contribution < -0.4 is 0 Å². The van der Waals surface area contributed by atoms with Gasteiger partial charge in [-0.25, -0.2) is 8.42 Å². The van der Waals surface area contributed by atoms with E-state index in [1.807, 2.05) is 0 Å². The molecule has 2 unspecified atom stereocenters. The molecule has 0 bridgehead atoms. The molecule has 1 N–H and O–H groups in total. The molecule has 0 saturated carbocycles. The Morgan fingerprint density at radius 2 is 2.14 bits per heavy atom. The first-order valence-electron chi connectivity index (χ1n) is 7.70. The summed E-state index contributed by atoms with van der Waals surface area (Å²) in [5, 5.41) is 9.02. The molecule has 2 aliphatic rings. The second kappa shape index (κ2) is 7.07. The average molecular weight is 318 g/mol. The van der Waals surface area contributed by atoms with Crippen LogP contribution >= 0.6 is 0 Å². The molecule has 2 fully saturated rings. The minimum atomic E-state index is -2.96. The Kier molecular flexibility index (Phi) is 5.62. The highest BCUT2D eigenvalue weighted by molar-refractivity contribution is 7.91. The van der Waals surface area contributed by atoms with E-state index in [4.69, 9.17) is 5.11 Å². The number of carbonyl (C=O) groups is 1. The number of piperidine rings is 1. The summed E-state index contributed by atoms with van der Waals surface area (Å²) in [5.41, 5.74) is 0. The maximum absolute atomic E-state index is 12.3. The summed E-state index contributed by atoms with van der Waals surface area (Å²) in [6, 6.07) is -0.166. The normalized spacial score (nSPS) is 29.4. The van der Waals surface area contributed by atoms with Gasteiger partial charge in [0, 0.05) is 26.2 Å². The first-order chi connectivity index (χ1) is 9.91. The molecule has 0 aliphatic carbocycles. The Hall–Kier alpha value is -0.660. The van der Waals surface area contributed by atoms with Crippen molar-refractivity contribution < 1.29 is 18.3 Å². The van der Waals surface area contributed by atoms with E-state index in [1.54, 1.807) is 11.9 Å². The van der Waals surface area contributed by atoms with E-state index in [1.165, 1.54) is 0 Å². The molecule has 0 aromatic rings. The molecule has 6 nitrogen and oxygen atoms in total. The standard InChI is InChI=1S/C14H26N2O4S/c1-15(13-5-8-21(19,20)11-13)14(18)10-16-6-2-3-12(9-16)4-7-17/h12-13,17H,2-11H2,1H3. The second-order valence-corrected chi connectivity index (χ2v) is 8.55. The largest absolute Gasteiger partial charge is 0.396 e. The van der Waals surface area contributed by atoms with E-state index in [0.717, 1.165) is 32.4 Å². The zero-order valence-electron chi connectivity index (χ0n) is 12.7. The van der Waals surface area contributed by atoms with Crippen molar-refractivity contribution in [2.24, 2.45) is 5.92 Å². The van der Waals surface area contributed by atoms with Crippen molar-refractivity contribution in [1.82, 2.24) is 9.80 Å². The quantitative estimate of drug-likeness (QED) is 0.755. The molecule has 122 valence electrons. The molecule has 2 atom stereocenters. The van der Waals surface area contributed by atoms with Crippen molar-refractivity contribution in [3.8, 4) is 0 Å². The van der Waals surface area contributed by atoms with Crippen molar-refractivity contribution in [1.29, 1.82) is 0 Å². The third-order valence-corrected chi connectivity index (χ3v) is 6.40. The van der Waals surface area contributed by atoms with E-state index in [-0.39, 0.29) is 30.1 Å². The number of likely N-dealkylation sites (N-methyl/N-ethyl adjacent to an activating group) is 1. The van der Waals surface area contributed by atoms with Gasteiger partial charge in [-0.05, 0) is 38.1 Å². The predicted molar refractivity (Wildman–Crippen MR) is 80.7 cm³/mol. The molecule has 0 aromatic heterocycles. The molecule has 0 radical (unpaired) electrons. The number of carbonyl (C=O) groups excluding carboxylic acids is 1. The number of aliphatic hydroxyl groups excluding tert-OH is 1.